The molecular formula is C11H10O4. The van der Waals surface area contributed by atoms with E-state index < -0.39 is 22.8 Å². The Bertz CT molecular complexity index is 405. The average Bonchev–Trinajstić information content (AvgIpc) is 2.90. The van der Waals surface area contributed by atoms with Gasteiger partial charge in [-0.05, 0) is 41.9 Å². The number of carbonyl (C=O) groups is 2. The van der Waals surface area contributed by atoms with E-state index >= 15 is 0 Å². The van der Waals surface area contributed by atoms with Crippen LogP contribution in [-0.2, 0) is 9.59 Å². The molecule has 4 heteroatoms. The molecule has 0 amide bonds. The molecule has 6 aliphatic carbocycles. The van der Waals surface area contributed by atoms with Gasteiger partial charge in [-0.15, -0.1) is 0 Å². The molecule has 15 heavy (non-hydrogen) atoms. The molecule has 0 aromatic heterocycles. The molecule has 0 aromatic carbocycles. The van der Waals surface area contributed by atoms with Crippen LogP contribution < -0.4 is 0 Å². The van der Waals surface area contributed by atoms with Crippen molar-refractivity contribution in [2.24, 2.45) is 46.3 Å². The number of hydrogen-bond donors (Lipinski definition) is 2. The quantitative estimate of drug-likeness (QED) is 0.680. The first-order valence-corrected chi connectivity index (χ1v) is 5.58. The topological polar surface area (TPSA) is 74.6 Å². The lowest BCUT2D eigenvalue weighted by Crippen LogP contribution is -2.34. The molecular weight excluding hydrogens is 196 g/mol. The Labute approximate surface area is 85.3 Å². The van der Waals surface area contributed by atoms with Gasteiger partial charge in [0.2, 0.25) is 0 Å². The molecule has 0 aromatic rings. The van der Waals surface area contributed by atoms with E-state index in [1.807, 2.05) is 0 Å². The van der Waals surface area contributed by atoms with Crippen LogP contribution in [0.25, 0.3) is 0 Å². The summed E-state index contributed by atoms with van der Waals surface area (Å²) >= 11 is 0. The Morgan fingerprint density at radius 3 is 1.47 bits per heavy atom. The number of rotatable bonds is 2. The fourth-order valence-electron chi connectivity index (χ4n) is 6.68. The van der Waals surface area contributed by atoms with Crippen LogP contribution in [0.15, 0.2) is 0 Å². The average molecular weight is 206 g/mol. The van der Waals surface area contributed by atoms with Gasteiger partial charge >= 0.3 is 11.9 Å². The monoisotopic (exact) mass is 206 g/mol. The number of aliphatic carboxylic acids is 2. The Morgan fingerprint density at radius 1 is 0.867 bits per heavy atom. The summed E-state index contributed by atoms with van der Waals surface area (Å²) in [4.78, 5) is 22.9. The van der Waals surface area contributed by atoms with Gasteiger partial charge in [0.25, 0.3) is 0 Å². The third kappa shape index (κ3) is 0.336. The molecule has 0 spiro atoms. The zero-order valence-corrected chi connectivity index (χ0v) is 7.88. The summed E-state index contributed by atoms with van der Waals surface area (Å²) in [6.07, 6.45) is 1.12. The highest BCUT2D eigenvalue weighted by molar-refractivity contribution is 5.98. The van der Waals surface area contributed by atoms with Gasteiger partial charge < -0.3 is 10.2 Å². The van der Waals surface area contributed by atoms with E-state index in [2.05, 4.69) is 0 Å². The van der Waals surface area contributed by atoms with Gasteiger partial charge in [0.1, 0.15) is 0 Å². The first kappa shape index (κ1) is 7.25. The predicted molar refractivity (Wildman–Crippen MR) is 45.7 cm³/mol. The summed E-state index contributed by atoms with van der Waals surface area (Å²) < 4.78 is 0. The van der Waals surface area contributed by atoms with Crippen LogP contribution in [0.3, 0.4) is 0 Å². The Hall–Kier alpha value is -1.06. The van der Waals surface area contributed by atoms with Gasteiger partial charge in [0, 0.05) is 0 Å². The maximum Gasteiger partial charge on any atom is 0.311 e. The van der Waals surface area contributed by atoms with Crippen molar-refractivity contribution in [3.8, 4) is 0 Å². The second kappa shape index (κ2) is 1.43. The standard InChI is InChI=1S/C11H10O4/c12-8(13)10-4-2-1-3(6(4)10)7-5(2)11(7,10)9(14)15/h2-7H,1H2,(H,12,13)(H,14,15)/t2?,3?,4-,5-,6+,7+,10?,11?. The van der Waals surface area contributed by atoms with Crippen molar-refractivity contribution in [2.75, 3.05) is 0 Å². The normalized spacial score (nSPS) is 73.3. The highest BCUT2D eigenvalue weighted by Gasteiger charge is 3.08. The maximum absolute atomic E-state index is 11.5. The van der Waals surface area contributed by atoms with E-state index in [4.69, 9.17) is 0 Å². The molecule has 0 saturated heterocycles. The van der Waals surface area contributed by atoms with E-state index in [9.17, 15) is 19.8 Å². The van der Waals surface area contributed by atoms with E-state index in [1.165, 1.54) is 0 Å². The summed E-state index contributed by atoms with van der Waals surface area (Å²) in [6, 6.07) is 0. The zero-order valence-electron chi connectivity index (χ0n) is 7.88. The van der Waals surface area contributed by atoms with Crippen molar-refractivity contribution in [3.05, 3.63) is 0 Å². The van der Waals surface area contributed by atoms with Gasteiger partial charge in [-0.1, -0.05) is 0 Å². The van der Waals surface area contributed by atoms with Crippen molar-refractivity contribution in [3.63, 3.8) is 0 Å². The van der Waals surface area contributed by atoms with Crippen molar-refractivity contribution < 1.29 is 19.8 Å². The van der Waals surface area contributed by atoms with E-state index in [-0.39, 0.29) is 23.7 Å². The van der Waals surface area contributed by atoms with Crippen LogP contribution in [0.5, 0.6) is 0 Å². The molecule has 6 saturated carbocycles. The van der Waals surface area contributed by atoms with Crippen LogP contribution in [0.2, 0.25) is 0 Å². The zero-order chi connectivity index (χ0) is 10.3. The molecule has 0 aliphatic heterocycles. The van der Waals surface area contributed by atoms with Crippen LogP contribution in [-0.4, -0.2) is 22.2 Å². The minimum Gasteiger partial charge on any atom is -0.481 e. The molecule has 6 atom stereocenters. The Kier molecular flexibility index (Phi) is 0.691. The lowest BCUT2D eigenvalue weighted by molar-refractivity contribution is -0.158. The van der Waals surface area contributed by atoms with Gasteiger partial charge in [-0.25, -0.2) is 0 Å². The van der Waals surface area contributed by atoms with Crippen molar-refractivity contribution >= 4 is 11.9 Å². The van der Waals surface area contributed by atoms with E-state index in [0.29, 0.717) is 11.8 Å². The van der Waals surface area contributed by atoms with E-state index in [0.717, 1.165) is 6.42 Å². The van der Waals surface area contributed by atoms with Crippen LogP contribution >= 0.6 is 0 Å². The summed E-state index contributed by atoms with van der Waals surface area (Å²) in [5.74, 6) is 0.151. The Balaban J connectivity index is 1.84. The molecule has 4 nitrogen and oxygen atoms in total. The second-order valence-electron chi connectivity index (χ2n) is 6.01. The van der Waals surface area contributed by atoms with Crippen LogP contribution in [0.4, 0.5) is 0 Å². The maximum atomic E-state index is 11.5. The van der Waals surface area contributed by atoms with Crippen LogP contribution in [0.1, 0.15) is 6.42 Å². The molecule has 2 bridgehead atoms. The molecule has 6 rings (SSSR count). The first-order valence-electron chi connectivity index (χ1n) is 5.58. The van der Waals surface area contributed by atoms with Crippen molar-refractivity contribution in [1.82, 2.24) is 0 Å². The number of hydrogen-bond acceptors (Lipinski definition) is 2. The molecule has 78 valence electrons. The minimum absolute atomic E-state index is 0.228. The van der Waals surface area contributed by atoms with Crippen molar-refractivity contribution in [2.45, 2.75) is 6.42 Å². The van der Waals surface area contributed by atoms with Gasteiger partial charge in [-0.3, -0.25) is 9.59 Å². The summed E-state index contributed by atoms with van der Waals surface area (Å²) in [5.41, 5.74) is -1.64. The molecule has 6 aliphatic rings. The largest absolute Gasteiger partial charge is 0.481 e. The number of carboxylic acid groups (broad SMARTS) is 2. The summed E-state index contributed by atoms with van der Waals surface area (Å²) in [7, 11) is 0. The van der Waals surface area contributed by atoms with Crippen molar-refractivity contribution in [1.29, 1.82) is 0 Å². The van der Waals surface area contributed by atoms with Gasteiger partial charge in [0.05, 0.1) is 10.8 Å². The molecule has 2 N–H and O–H groups in total. The highest BCUT2D eigenvalue weighted by Crippen LogP contribution is 3.04. The molecule has 0 radical (unpaired) electrons. The number of carboxylic acids is 2. The molecule has 6 fully saturated rings. The smallest absolute Gasteiger partial charge is 0.311 e. The van der Waals surface area contributed by atoms with Crippen LogP contribution in [0, 0.1) is 46.3 Å². The fraction of sp³-hybridized carbons (Fsp3) is 0.818. The fourth-order valence-corrected chi connectivity index (χ4v) is 6.68. The van der Waals surface area contributed by atoms with E-state index in [1.54, 1.807) is 0 Å². The first-order chi connectivity index (χ1) is 7.11. The third-order valence-corrected chi connectivity index (χ3v) is 6.44. The molecule has 0 heterocycles. The minimum atomic E-state index is -0.822. The molecule has 2 unspecified atom stereocenters. The Morgan fingerprint density at radius 2 is 1.20 bits per heavy atom. The highest BCUT2D eigenvalue weighted by atomic mass is 16.4. The van der Waals surface area contributed by atoms with Gasteiger partial charge in [0.15, 0.2) is 0 Å². The lowest BCUT2D eigenvalue weighted by atomic mass is 9.86. The second-order valence-corrected chi connectivity index (χ2v) is 6.01. The predicted octanol–water partition coefficient (Wildman–Crippen LogP) is 0.284. The van der Waals surface area contributed by atoms with Gasteiger partial charge in [-0.2, -0.15) is 0 Å². The summed E-state index contributed by atoms with van der Waals surface area (Å²) in [5, 5.41) is 18.8. The lowest BCUT2D eigenvalue weighted by Gasteiger charge is -2.16. The SMILES string of the molecule is O=C(O)C12[C@@H]3C4CC([C@@H]31)[C@H]1[C@@H]4C12C(=O)O. The summed E-state index contributed by atoms with van der Waals surface area (Å²) in [6.45, 7) is 0. The third-order valence-electron chi connectivity index (χ3n) is 6.44.